The summed E-state index contributed by atoms with van der Waals surface area (Å²) >= 11 is 0. The Morgan fingerprint density at radius 3 is 2.76 bits per heavy atom. The van der Waals surface area contributed by atoms with Gasteiger partial charge in [0.1, 0.15) is 11.6 Å². The van der Waals surface area contributed by atoms with Crippen LogP contribution in [0.5, 0.6) is 0 Å². The van der Waals surface area contributed by atoms with Gasteiger partial charge in [-0.3, -0.25) is 9.69 Å². The highest BCUT2D eigenvalue weighted by Gasteiger charge is 2.40. The quantitative estimate of drug-likeness (QED) is 0.928. The van der Waals surface area contributed by atoms with Crippen LogP contribution in [0, 0.1) is 17.6 Å². The summed E-state index contributed by atoms with van der Waals surface area (Å²) in [4.78, 5) is 18.8. The molecule has 0 spiro atoms. The van der Waals surface area contributed by atoms with Crippen molar-refractivity contribution in [2.45, 2.75) is 31.8 Å². The summed E-state index contributed by atoms with van der Waals surface area (Å²) in [6.07, 6.45) is 3.44. The smallest absolute Gasteiger partial charge is 0.307 e. The number of oxazole rings is 1. The van der Waals surface area contributed by atoms with E-state index in [1.165, 1.54) is 12.3 Å². The average Bonchev–Trinajstić information content (AvgIpc) is 3.08. The summed E-state index contributed by atoms with van der Waals surface area (Å²) in [6.45, 7) is 4.27. The molecule has 0 saturated carbocycles. The monoisotopic (exact) mass is 347 g/mol. The summed E-state index contributed by atoms with van der Waals surface area (Å²) in [5.41, 5.74) is 0.0733. The van der Waals surface area contributed by atoms with Gasteiger partial charge in [-0.05, 0) is 50.9 Å². The molecule has 7 heteroatoms. The molecule has 3 saturated heterocycles. The maximum atomic E-state index is 13.8. The Labute approximate surface area is 144 Å². The average molecular weight is 347 g/mol. The summed E-state index contributed by atoms with van der Waals surface area (Å²) in [6, 6.07) is 3.51. The highest BCUT2D eigenvalue weighted by atomic mass is 19.1. The number of nitrogens with one attached hydrogen (secondary N) is 1. The molecular weight excluding hydrogens is 328 g/mol. The summed E-state index contributed by atoms with van der Waals surface area (Å²) in [5.74, 6) is -1.37. The summed E-state index contributed by atoms with van der Waals surface area (Å²) in [7, 11) is 0. The molecule has 132 valence electrons. The zero-order valence-corrected chi connectivity index (χ0v) is 13.8. The molecule has 1 N–H and O–H groups in total. The number of carbonyl (C=O) groups excluding carboxylic acids is 1. The van der Waals surface area contributed by atoms with Crippen LogP contribution in [0.25, 0.3) is 11.3 Å². The van der Waals surface area contributed by atoms with Gasteiger partial charge in [0, 0.05) is 18.2 Å². The molecule has 0 radical (unpaired) electrons. The maximum absolute atomic E-state index is 13.8. The van der Waals surface area contributed by atoms with Crippen molar-refractivity contribution in [2.24, 2.45) is 5.92 Å². The topological polar surface area (TPSA) is 58.4 Å². The highest BCUT2D eigenvalue weighted by molar-refractivity contribution is 5.90. The van der Waals surface area contributed by atoms with Crippen molar-refractivity contribution in [1.82, 2.24) is 15.2 Å². The first-order valence-electron chi connectivity index (χ1n) is 8.49. The van der Waals surface area contributed by atoms with E-state index in [1.807, 2.05) is 0 Å². The van der Waals surface area contributed by atoms with Crippen molar-refractivity contribution in [2.75, 3.05) is 13.1 Å². The van der Waals surface area contributed by atoms with Crippen molar-refractivity contribution in [3.63, 3.8) is 0 Å². The molecule has 3 aliphatic heterocycles. The standard InChI is InChI=1S/C18H19F2N3O2/c1-10-16(11-4-6-23(10)7-5-11)22-17(24)18-21-9-15(25-18)13-3-2-12(19)8-14(13)20/h2-3,8-11,16H,4-7H2,1H3,(H,22,24)/t10-,16-/m0/s1. The van der Waals surface area contributed by atoms with Crippen molar-refractivity contribution >= 4 is 5.91 Å². The van der Waals surface area contributed by atoms with Crippen LogP contribution in [0.4, 0.5) is 8.78 Å². The number of hydrogen-bond acceptors (Lipinski definition) is 4. The Bertz CT molecular complexity index is 797. The van der Waals surface area contributed by atoms with Gasteiger partial charge < -0.3 is 9.73 Å². The first kappa shape index (κ1) is 16.2. The lowest BCUT2D eigenvalue weighted by Gasteiger charge is -2.49. The molecule has 1 aromatic heterocycles. The van der Waals surface area contributed by atoms with E-state index in [2.05, 4.69) is 22.1 Å². The highest BCUT2D eigenvalue weighted by Crippen LogP contribution is 2.32. The Kier molecular flexibility index (Phi) is 4.03. The van der Waals surface area contributed by atoms with E-state index >= 15 is 0 Å². The lowest BCUT2D eigenvalue weighted by molar-refractivity contribution is 0.0210. The van der Waals surface area contributed by atoms with Gasteiger partial charge in [0.2, 0.25) is 0 Å². The first-order chi connectivity index (χ1) is 12.0. The van der Waals surface area contributed by atoms with Gasteiger partial charge in [-0.15, -0.1) is 0 Å². The number of halogens is 2. The van der Waals surface area contributed by atoms with E-state index in [1.54, 1.807) is 0 Å². The van der Waals surface area contributed by atoms with Crippen LogP contribution in [-0.4, -0.2) is 41.0 Å². The SMILES string of the molecule is C[C@H]1[C@H](NC(=O)c2ncc(-c3ccc(F)cc3F)o2)C2CCN1CC2. The van der Waals surface area contributed by atoms with E-state index in [0.29, 0.717) is 5.92 Å². The van der Waals surface area contributed by atoms with E-state index in [0.717, 1.165) is 38.1 Å². The molecule has 4 heterocycles. The van der Waals surface area contributed by atoms with Crippen LogP contribution in [0.15, 0.2) is 28.8 Å². The van der Waals surface area contributed by atoms with E-state index < -0.39 is 17.5 Å². The second-order valence-corrected chi connectivity index (χ2v) is 6.77. The van der Waals surface area contributed by atoms with Gasteiger partial charge in [0.15, 0.2) is 5.76 Å². The summed E-state index contributed by atoms with van der Waals surface area (Å²) < 4.78 is 32.3. The first-order valence-corrected chi connectivity index (χ1v) is 8.49. The Morgan fingerprint density at radius 2 is 2.08 bits per heavy atom. The Hall–Kier alpha value is -2.28. The fraction of sp³-hybridized carbons (Fsp3) is 0.444. The number of fused-ring (bicyclic) bond motifs is 3. The second-order valence-electron chi connectivity index (χ2n) is 6.77. The van der Waals surface area contributed by atoms with Crippen LogP contribution in [0.2, 0.25) is 0 Å². The van der Waals surface area contributed by atoms with Crippen molar-refractivity contribution < 1.29 is 18.0 Å². The van der Waals surface area contributed by atoms with Gasteiger partial charge in [0.05, 0.1) is 11.8 Å². The van der Waals surface area contributed by atoms with Crippen LogP contribution in [0.3, 0.4) is 0 Å². The number of rotatable bonds is 3. The minimum absolute atomic E-state index is 0.0629. The van der Waals surface area contributed by atoms with Crippen molar-refractivity contribution in [1.29, 1.82) is 0 Å². The lowest BCUT2D eigenvalue weighted by atomic mass is 9.79. The molecule has 1 aromatic carbocycles. The number of aromatic nitrogens is 1. The third kappa shape index (κ3) is 2.93. The van der Waals surface area contributed by atoms with Gasteiger partial charge in [0.25, 0.3) is 5.89 Å². The van der Waals surface area contributed by atoms with Crippen LogP contribution in [0.1, 0.15) is 30.5 Å². The van der Waals surface area contributed by atoms with Crippen LogP contribution >= 0.6 is 0 Å². The van der Waals surface area contributed by atoms with Crippen LogP contribution in [-0.2, 0) is 0 Å². The number of amides is 1. The molecule has 2 bridgehead atoms. The minimum atomic E-state index is -0.755. The molecule has 3 aliphatic rings. The number of hydrogen-bond donors (Lipinski definition) is 1. The summed E-state index contributed by atoms with van der Waals surface area (Å²) in [5, 5.41) is 3.01. The van der Waals surface area contributed by atoms with E-state index in [-0.39, 0.29) is 29.3 Å². The van der Waals surface area contributed by atoms with Gasteiger partial charge in [-0.2, -0.15) is 0 Å². The van der Waals surface area contributed by atoms with Crippen molar-refractivity contribution in [3.05, 3.63) is 41.9 Å². The third-order valence-corrected chi connectivity index (χ3v) is 5.37. The third-order valence-electron chi connectivity index (χ3n) is 5.37. The lowest BCUT2D eigenvalue weighted by Crippen LogP contribution is -2.62. The molecule has 3 fully saturated rings. The second kappa shape index (κ2) is 6.22. The molecule has 2 atom stereocenters. The maximum Gasteiger partial charge on any atom is 0.307 e. The fourth-order valence-corrected chi connectivity index (χ4v) is 3.95. The van der Waals surface area contributed by atoms with Gasteiger partial charge in [-0.25, -0.2) is 13.8 Å². The molecule has 1 amide bonds. The molecule has 2 aromatic rings. The predicted octanol–water partition coefficient (Wildman–Crippen LogP) is 2.83. The number of benzene rings is 1. The molecule has 0 aliphatic carbocycles. The fourth-order valence-electron chi connectivity index (χ4n) is 3.95. The predicted molar refractivity (Wildman–Crippen MR) is 86.9 cm³/mol. The number of nitrogens with zero attached hydrogens (tertiary/aromatic N) is 2. The molecular formula is C18H19F2N3O2. The number of carbonyl (C=O) groups is 1. The van der Waals surface area contributed by atoms with Gasteiger partial charge >= 0.3 is 5.91 Å². The van der Waals surface area contributed by atoms with E-state index in [4.69, 9.17) is 4.42 Å². The molecule has 5 nitrogen and oxygen atoms in total. The zero-order valence-electron chi connectivity index (χ0n) is 13.8. The Morgan fingerprint density at radius 1 is 1.32 bits per heavy atom. The number of piperidine rings is 3. The van der Waals surface area contributed by atoms with Crippen molar-refractivity contribution in [3.8, 4) is 11.3 Å². The largest absolute Gasteiger partial charge is 0.432 e. The Balaban J connectivity index is 1.51. The molecule has 0 unspecified atom stereocenters. The van der Waals surface area contributed by atoms with E-state index in [9.17, 15) is 13.6 Å². The zero-order chi connectivity index (χ0) is 17.6. The molecule has 25 heavy (non-hydrogen) atoms. The minimum Gasteiger partial charge on any atom is -0.432 e. The van der Waals surface area contributed by atoms with Gasteiger partial charge in [-0.1, -0.05) is 0 Å². The molecule has 5 rings (SSSR count). The normalized spacial score (nSPS) is 28.1. The van der Waals surface area contributed by atoms with Crippen LogP contribution < -0.4 is 5.32 Å².